The lowest BCUT2D eigenvalue weighted by atomic mass is 9.94. The molecule has 2 atom stereocenters. The zero-order valence-electron chi connectivity index (χ0n) is 37.5. The van der Waals surface area contributed by atoms with Crippen LogP contribution in [0, 0.1) is 5.92 Å². The van der Waals surface area contributed by atoms with Gasteiger partial charge in [0.2, 0.25) is 0 Å². The van der Waals surface area contributed by atoms with Crippen LogP contribution >= 0.6 is 0 Å². The van der Waals surface area contributed by atoms with Gasteiger partial charge in [-0.05, 0) is 57.3 Å². The van der Waals surface area contributed by atoms with Gasteiger partial charge in [-0.3, -0.25) is 9.59 Å². The molecule has 0 aromatic rings. The summed E-state index contributed by atoms with van der Waals surface area (Å²) in [7, 11) is 0. The van der Waals surface area contributed by atoms with E-state index < -0.39 is 0 Å². The van der Waals surface area contributed by atoms with E-state index in [2.05, 4.69) is 27.7 Å². The van der Waals surface area contributed by atoms with Gasteiger partial charge in [0.1, 0.15) is 6.10 Å². The molecule has 0 spiro atoms. The molecule has 0 saturated heterocycles. The van der Waals surface area contributed by atoms with Crippen LogP contribution in [0.1, 0.15) is 291 Å². The van der Waals surface area contributed by atoms with E-state index in [1.807, 2.05) is 0 Å². The van der Waals surface area contributed by atoms with Crippen molar-refractivity contribution in [3.05, 3.63) is 0 Å². The van der Waals surface area contributed by atoms with Gasteiger partial charge in [0, 0.05) is 12.8 Å². The molecule has 0 radical (unpaired) electrons. The Kier molecular flexibility index (Phi) is 43.8. The third-order valence-corrected chi connectivity index (χ3v) is 11.7. The highest BCUT2D eigenvalue weighted by molar-refractivity contribution is 5.69. The van der Waals surface area contributed by atoms with Gasteiger partial charge >= 0.3 is 11.9 Å². The van der Waals surface area contributed by atoms with Crippen LogP contribution < -0.4 is 0 Å². The summed E-state index contributed by atoms with van der Waals surface area (Å²) in [6.07, 6.45) is 50.4. The maximum absolute atomic E-state index is 12.8. The lowest BCUT2D eigenvalue weighted by Crippen LogP contribution is -2.19. The van der Waals surface area contributed by atoms with Gasteiger partial charge in [0.15, 0.2) is 0 Å². The predicted octanol–water partition coefficient (Wildman–Crippen LogP) is 17.1. The Morgan fingerprint density at radius 1 is 0.333 bits per heavy atom. The molecule has 2 unspecified atom stereocenters. The Bertz CT molecular complexity index is 751. The minimum absolute atomic E-state index is 0.00457. The Balaban J connectivity index is 4.31. The fraction of sp³-hybridized carbons (Fsp3) is 0.960. The van der Waals surface area contributed by atoms with Crippen molar-refractivity contribution >= 4 is 11.9 Å². The molecule has 0 rings (SSSR count). The lowest BCUT2D eigenvalue weighted by Gasteiger charge is -2.19. The van der Waals surface area contributed by atoms with E-state index in [0.717, 1.165) is 44.9 Å². The second-order valence-corrected chi connectivity index (χ2v) is 17.3. The molecule has 0 aromatic heterocycles. The first-order valence-electron chi connectivity index (χ1n) is 24.9. The summed E-state index contributed by atoms with van der Waals surface area (Å²) in [5, 5.41) is 0. The zero-order chi connectivity index (χ0) is 39.4. The van der Waals surface area contributed by atoms with E-state index >= 15 is 0 Å². The Labute approximate surface area is 339 Å². The molecule has 0 fully saturated rings. The fourth-order valence-corrected chi connectivity index (χ4v) is 7.96. The molecule has 0 N–H and O–H groups in total. The number of hydrogen-bond acceptors (Lipinski definition) is 4. The van der Waals surface area contributed by atoms with E-state index in [1.165, 1.54) is 205 Å². The van der Waals surface area contributed by atoms with Gasteiger partial charge in [-0.15, -0.1) is 0 Å². The maximum Gasteiger partial charge on any atom is 0.306 e. The Morgan fingerprint density at radius 3 is 1.02 bits per heavy atom. The molecule has 54 heavy (non-hydrogen) atoms. The van der Waals surface area contributed by atoms with Crippen molar-refractivity contribution in [3.8, 4) is 0 Å². The van der Waals surface area contributed by atoms with Crippen molar-refractivity contribution in [2.24, 2.45) is 5.92 Å². The SMILES string of the molecule is CCCCCCCCCCCCCCCCCC(=O)OC(CCCCCC)CCCCC(=O)OCC(CCCCCCCC)CCCCCCCCCC. The average molecular weight is 763 g/mol. The molecule has 0 aliphatic carbocycles. The number of esters is 2. The van der Waals surface area contributed by atoms with Crippen LogP contribution in [0.2, 0.25) is 0 Å². The van der Waals surface area contributed by atoms with E-state index in [1.54, 1.807) is 0 Å². The largest absolute Gasteiger partial charge is 0.465 e. The van der Waals surface area contributed by atoms with Crippen molar-refractivity contribution < 1.29 is 19.1 Å². The topological polar surface area (TPSA) is 52.6 Å². The van der Waals surface area contributed by atoms with Crippen molar-refractivity contribution in [1.29, 1.82) is 0 Å². The van der Waals surface area contributed by atoms with E-state index in [-0.39, 0.29) is 18.0 Å². The monoisotopic (exact) mass is 763 g/mol. The molecule has 0 aromatic carbocycles. The minimum Gasteiger partial charge on any atom is -0.465 e. The van der Waals surface area contributed by atoms with Gasteiger partial charge in [0.05, 0.1) is 6.61 Å². The van der Waals surface area contributed by atoms with Crippen LogP contribution in [0.3, 0.4) is 0 Å². The summed E-state index contributed by atoms with van der Waals surface area (Å²) in [5.74, 6) is 0.456. The number of carbonyl (C=O) groups is 2. The van der Waals surface area contributed by atoms with Gasteiger partial charge in [-0.25, -0.2) is 0 Å². The summed E-state index contributed by atoms with van der Waals surface area (Å²) in [4.78, 5) is 25.6. The first-order valence-corrected chi connectivity index (χ1v) is 24.9. The minimum atomic E-state index is -0.0384. The van der Waals surface area contributed by atoms with Gasteiger partial charge < -0.3 is 9.47 Å². The molecule has 322 valence electrons. The first-order chi connectivity index (χ1) is 26.6. The standard InChI is InChI=1S/C50H98O4/c1-5-9-13-17-20-22-23-24-25-26-27-28-30-33-37-45-50(52)54-48(42-36-16-12-8-4)43-38-39-44-49(51)53-46-47(40-34-31-19-15-11-7-3)41-35-32-29-21-18-14-10-6-2/h47-48H,5-46H2,1-4H3. The van der Waals surface area contributed by atoms with Crippen molar-refractivity contribution in [1.82, 2.24) is 0 Å². The van der Waals surface area contributed by atoms with Gasteiger partial charge in [-0.2, -0.15) is 0 Å². The maximum atomic E-state index is 12.8. The van der Waals surface area contributed by atoms with E-state index in [9.17, 15) is 9.59 Å². The van der Waals surface area contributed by atoms with Crippen LogP contribution in [0.5, 0.6) is 0 Å². The van der Waals surface area contributed by atoms with E-state index in [0.29, 0.717) is 25.4 Å². The highest BCUT2D eigenvalue weighted by atomic mass is 16.5. The first kappa shape index (κ1) is 52.9. The van der Waals surface area contributed by atoms with Crippen LogP contribution in [-0.2, 0) is 19.1 Å². The third kappa shape index (κ3) is 40.6. The van der Waals surface area contributed by atoms with Crippen LogP contribution in [0.4, 0.5) is 0 Å². The fourth-order valence-electron chi connectivity index (χ4n) is 7.96. The molecule has 4 heteroatoms. The summed E-state index contributed by atoms with van der Waals surface area (Å²) in [6.45, 7) is 9.68. The summed E-state index contributed by atoms with van der Waals surface area (Å²) < 4.78 is 11.9. The van der Waals surface area contributed by atoms with Crippen LogP contribution in [-0.4, -0.2) is 24.6 Å². The van der Waals surface area contributed by atoms with Crippen LogP contribution in [0.25, 0.3) is 0 Å². The van der Waals surface area contributed by atoms with Crippen LogP contribution in [0.15, 0.2) is 0 Å². The normalized spacial score (nSPS) is 12.6. The quantitative estimate of drug-likeness (QED) is 0.0458. The van der Waals surface area contributed by atoms with Crippen molar-refractivity contribution in [2.75, 3.05) is 6.61 Å². The molecule has 0 saturated carbocycles. The number of rotatable bonds is 45. The van der Waals surface area contributed by atoms with Crippen molar-refractivity contribution in [3.63, 3.8) is 0 Å². The zero-order valence-corrected chi connectivity index (χ0v) is 37.5. The molecule has 0 aliphatic heterocycles. The van der Waals surface area contributed by atoms with Gasteiger partial charge in [-0.1, -0.05) is 227 Å². The number of hydrogen-bond donors (Lipinski definition) is 0. The smallest absolute Gasteiger partial charge is 0.306 e. The lowest BCUT2D eigenvalue weighted by molar-refractivity contribution is -0.150. The number of ether oxygens (including phenoxy) is 2. The second kappa shape index (κ2) is 44.7. The second-order valence-electron chi connectivity index (χ2n) is 17.3. The average Bonchev–Trinajstić information content (AvgIpc) is 3.17. The number of unbranched alkanes of at least 4 members (excludes halogenated alkanes) is 30. The molecule has 0 amide bonds. The number of carbonyl (C=O) groups excluding carboxylic acids is 2. The third-order valence-electron chi connectivity index (χ3n) is 11.7. The van der Waals surface area contributed by atoms with E-state index in [4.69, 9.17) is 9.47 Å². The summed E-state index contributed by atoms with van der Waals surface area (Å²) >= 11 is 0. The van der Waals surface area contributed by atoms with Crippen molar-refractivity contribution in [2.45, 2.75) is 297 Å². The molecule has 0 heterocycles. The Morgan fingerprint density at radius 2 is 0.611 bits per heavy atom. The molecule has 0 aliphatic rings. The van der Waals surface area contributed by atoms with Gasteiger partial charge in [0.25, 0.3) is 0 Å². The molecule has 0 bridgehead atoms. The Hall–Kier alpha value is -1.06. The molecular formula is C50H98O4. The molecule has 4 nitrogen and oxygen atoms in total. The highest BCUT2D eigenvalue weighted by Gasteiger charge is 2.16. The summed E-state index contributed by atoms with van der Waals surface area (Å²) in [6, 6.07) is 0. The predicted molar refractivity (Wildman–Crippen MR) is 236 cm³/mol. The molecular weight excluding hydrogens is 665 g/mol. The highest BCUT2D eigenvalue weighted by Crippen LogP contribution is 2.22. The summed E-state index contributed by atoms with van der Waals surface area (Å²) in [5.41, 5.74) is 0.